The topological polar surface area (TPSA) is 12.0 Å². The second-order valence-corrected chi connectivity index (χ2v) is 7.34. The van der Waals surface area contributed by atoms with E-state index in [1.165, 1.54) is 41.5 Å². The van der Waals surface area contributed by atoms with Crippen LogP contribution in [0, 0.1) is 17.8 Å². The van der Waals surface area contributed by atoms with Crippen molar-refractivity contribution in [1.82, 2.24) is 5.32 Å². The molecule has 2 aliphatic rings. The highest BCUT2D eigenvalue weighted by molar-refractivity contribution is 9.10. The number of hydrogen-bond donors (Lipinski definition) is 1. The van der Waals surface area contributed by atoms with Crippen molar-refractivity contribution in [2.45, 2.75) is 38.1 Å². The molecular weight excluding hydrogens is 294 g/mol. The lowest BCUT2D eigenvalue weighted by molar-refractivity contribution is 0.462. The molecule has 1 aromatic rings. The summed E-state index contributed by atoms with van der Waals surface area (Å²) in [7, 11) is 2.14. The van der Waals surface area contributed by atoms with Crippen molar-refractivity contribution in [3.05, 3.63) is 20.8 Å². The minimum absolute atomic E-state index is 0.693. The fraction of sp³-hybridized carbons (Fsp3) is 0.714. The first-order valence-electron chi connectivity index (χ1n) is 6.70. The summed E-state index contributed by atoms with van der Waals surface area (Å²) in [6.45, 7) is 0. The van der Waals surface area contributed by atoms with E-state index in [0.717, 1.165) is 17.8 Å². The van der Waals surface area contributed by atoms with E-state index in [2.05, 4.69) is 39.7 Å². The molecule has 1 nitrogen and oxygen atoms in total. The number of thiophene rings is 1. The number of halogens is 1. The van der Waals surface area contributed by atoms with Gasteiger partial charge in [0.15, 0.2) is 0 Å². The molecule has 0 saturated heterocycles. The normalized spacial score (nSPS) is 33.2. The highest BCUT2D eigenvalue weighted by atomic mass is 79.9. The summed E-state index contributed by atoms with van der Waals surface area (Å²) in [5, 5.41) is 5.76. The Morgan fingerprint density at radius 3 is 2.65 bits per heavy atom. The zero-order valence-corrected chi connectivity index (χ0v) is 12.7. The van der Waals surface area contributed by atoms with Crippen molar-refractivity contribution in [2.75, 3.05) is 7.05 Å². The molecule has 0 aromatic carbocycles. The quantitative estimate of drug-likeness (QED) is 0.883. The Labute approximate surface area is 116 Å². The summed E-state index contributed by atoms with van der Waals surface area (Å²) in [4.78, 5) is 1.51. The summed E-state index contributed by atoms with van der Waals surface area (Å²) in [6, 6.07) is 2.87. The molecule has 3 atom stereocenters. The number of fused-ring (bicyclic) bond motifs is 1. The van der Waals surface area contributed by atoms with Gasteiger partial charge in [-0.2, -0.15) is 0 Å². The third-order valence-electron chi connectivity index (χ3n) is 4.65. The molecule has 0 aliphatic heterocycles. The number of nitrogens with one attached hydrogen (secondary N) is 1. The molecule has 3 heteroatoms. The van der Waals surface area contributed by atoms with E-state index in [9.17, 15) is 0 Å². The second kappa shape index (κ2) is 5.02. The Morgan fingerprint density at radius 1 is 1.41 bits per heavy atom. The largest absolute Gasteiger partial charge is 0.316 e. The first kappa shape index (κ1) is 12.2. The van der Waals surface area contributed by atoms with Gasteiger partial charge in [-0.05, 0) is 71.4 Å². The maximum Gasteiger partial charge on any atom is 0.0314 e. The van der Waals surface area contributed by atoms with Crippen LogP contribution in [0.1, 0.15) is 30.6 Å². The van der Waals surface area contributed by atoms with Crippen LogP contribution in [0.3, 0.4) is 0 Å². The van der Waals surface area contributed by atoms with Crippen molar-refractivity contribution in [3.8, 4) is 0 Å². The van der Waals surface area contributed by atoms with Crippen molar-refractivity contribution in [1.29, 1.82) is 0 Å². The van der Waals surface area contributed by atoms with E-state index in [-0.39, 0.29) is 0 Å². The van der Waals surface area contributed by atoms with Crippen LogP contribution >= 0.6 is 27.3 Å². The van der Waals surface area contributed by atoms with Crippen LogP contribution in [-0.4, -0.2) is 13.1 Å². The molecule has 1 heterocycles. The fourth-order valence-corrected chi connectivity index (χ4v) is 5.32. The van der Waals surface area contributed by atoms with Crippen LogP contribution < -0.4 is 5.32 Å². The van der Waals surface area contributed by atoms with Crippen LogP contribution in [0.2, 0.25) is 0 Å². The molecule has 1 aromatic heterocycles. The Kier molecular flexibility index (Phi) is 3.60. The molecular formula is C14H20BrNS. The molecule has 3 unspecified atom stereocenters. The lowest BCUT2D eigenvalue weighted by Gasteiger charge is -2.16. The van der Waals surface area contributed by atoms with Crippen LogP contribution in [0.4, 0.5) is 0 Å². The standard InChI is InChI=1S/C14H20BrNS/c1-16-12(8-13-11(15)6-7-17-13)14-9-4-2-3-5-10(9)14/h6-7,9-10,12,14,16H,2-5,8H2,1H3. The molecule has 94 valence electrons. The van der Waals surface area contributed by atoms with Gasteiger partial charge in [-0.15, -0.1) is 11.3 Å². The molecule has 0 spiro atoms. The maximum atomic E-state index is 3.65. The third-order valence-corrected chi connectivity index (χ3v) is 6.60. The zero-order chi connectivity index (χ0) is 11.8. The van der Waals surface area contributed by atoms with Gasteiger partial charge < -0.3 is 5.32 Å². The van der Waals surface area contributed by atoms with Gasteiger partial charge in [-0.1, -0.05) is 12.8 Å². The van der Waals surface area contributed by atoms with Gasteiger partial charge in [-0.25, -0.2) is 0 Å². The Balaban J connectivity index is 1.66. The minimum Gasteiger partial charge on any atom is -0.316 e. The van der Waals surface area contributed by atoms with Gasteiger partial charge in [0.25, 0.3) is 0 Å². The molecule has 3 rings (SSSR count). The highest BCUT2D eigenvalue weighted by Crippen LogP contribution is 2.57. The first-order chi connectivity index (χ1) is 8.31. The molecule has 17 heavy (non-hydrogen) atoms. The monoisotopic (exact) mass is 313 g/mol. The van der Waals surface area contributed by atoms with Gasteiger partial charge in [-0.3, -0.25) is 0 Å². The number of rotatable bonds is 4. The number of likely N-dealkylation sites (N-methyl/N-ethyl adjacent to an activating group) is 1. The first-order valence-corrected chi connectivity index (χ1v) is 8.37. The predicted octanol–water partition coefficient (Wildman–Crippen LogP) is 4.08. The zero-order valence-electron chi connectivity index (χ0n) is 10.3. The van der Waals surface area contributed by atoms with Gasteiger partial charge in [0.1, 0.15) is 0 Å². The number of hydrogen-bond acceptors (Lipinski definition) is 2. The Hall–Kier alpha value is 0.140. The van der Waals surface area contributed by atoms with Gasteiger partial charge in [0.05, 0.1) is 0 Å². The van der Waals surface area contributed by atoms with Crippen LogP contribution in [0.15, 0.2) is 15.9 Å². The summed E-state index contributed by atoms with van der Waals surface area (Å²) in [5.74, 6) is 3.04. The van der Waals surface area contributed by atoms with E-state index < -0.39 is 0 Å². The van der Waals surface area contributed by atoms with Gasteiger partial charge >= 0.3 is 0 Å². The van der Waals surface area contributed by atoms with E-state index in [1.807, 2.05) is 11.3 Å². The smallest absolute Gasteiger partial charge is 0.0314 e. The summed E-state index contributed by atoms with van der Waals surface area (Å²) in [6.07, 6.45) is 7.11. The lowest BCUT2D eigenvalue weighted by atomic mass is 10.0. The van der Waals surface area contributed by atoms with Gasteiger partial charge in [0, 0.05) is 15.4 Å². The maximum absolute atomic E-state index is 3.65. The van der Waals surface area contributed by atoms with Gasteiger partial charge in [0.2, 0.25) is 0 Å². The molecule has 0 amide bonds. The molecule has 2 saturated carbocycles. The Bertz CT molecular complexity index is 377. The van der Waals surface area contributed by atoms with Crippen molar-refractivity contribution < 1.29 is 0 Å². The molecule has 1 N–H and O–H groups in total. The summed E-state index contributed by atoms with van der Waals surface area (Å²) >= 11 is 5.54. The van der Waals surface area contributed by atoms with E-state index in [1.54, 1.807) is 0 Å². The summed E-state index contributed by atoms with van der Waals surface area (Å²) in [5.41, 5.74) is 0. The molecule has 0 radical (unpaired) electrons. The SMILES string of the molecule is CNC(Cc1sccc1Br)C1C2CCCCC21. The van der Waals surface area contributed by atoms with Crippen LogP contribution in [-0.2, 0) is 6.42 Å². The van der Waals surface area contributed by atoms with Crippen LogP contribution in [0.5, 0.6) is 0 Å². The average Bonchev–Trinajstić information content (AvgIpc) is 2.94. The van der Waals surface area contributed by atoms with Crippen molar-refractivity contribution in [3.63, 3.8) is 0 Å². The van der Waals surface area contributed by atoms with E-state index in [0.29, 0.717) is 6.04 Å². The highest BCUT2D eigenvalue weighted by Gasteiger charge is 2.53. The minimum atomic E-state index is 0.693. The predicted molar refractivity (Wildman–Crippen MR) is 77.5 cm³/mol. The second-order valence-electron chi connectivity index (χ2n) is 5.48. The molecule has 2 fully saturated rings. The van der Waals surface area contributed by atoms with Crippen molar-refractivity contribution in [2.24, 2.45) is 17.8 Å². The third kappa shape index (κ3) is 2.34. The van der Waals surface area contributed by atoms with E-state index >= 15 is 0 Å². The molecule has 0 bridgehead atoms. The average molecular weight is 314 g/mol. The summed E-state index contributed by atoms with van der Waals surface area (Å²) < 4.78 is 1.30. The Morgan fingerprint density at radius 2 is 2.12 bits per heavy atom. The fourth-order valence-electron chi connectivity index (χ4n) is 3.75. The molecule has 2 aliphatic carbocycles. The van der Waals surface area contributed by atoms with Crippen LogP contribution in [0.25, 0.3) is 0 Å². The lowest BCUT2D eigenvalue weighted by Crippen LogP contribution is -2.30. The van der Waals surface area contributed by atoms with E-state index in [4.69, 9.17) is 0 Å². The van der Waals surface area contributed by atoms with Crippen molar-refractivity contribution >= 4 is 27.3 Å².